The maximum absolute atomic E-state index is 6.31. The Kier molecular flexibility index (Phi) is 2.30. The Bertz CT molecular complexity index is 1010. The number of halogens is 1. The second kappa shape index (κ2) is 4.21. The van der Waals surface area contributed by atoms with Crippen molar-refractivity contribution in [3.05, 3.63) is 65.7 Å². The molecular weight excluding hydrogens is 294 g/mol. The molecule has 1 aliphatic rings. The van der Waals surface area contributed by atoms with E-state index in [0.29, 0.717) is 5.89 Å². The molecule has 3 heteroatoms. The number of fused-ring (bicyclic) bond motifs is 3. The molecule has 0 amide bonds. The molecule has 1 heterocycles. The number of rotatable bonds is 1. The van der Waals surface area contributed by atoms with Gasteiger partial charge in [-0.15, -0.1) is 0 Å². The molecule has 4 aromatic rings. The molecule has 0 radical (unpaired) electrons. The molecule has 0 atom stereocenters. The Labute approximate surface area is 132 Å². The molecule has 104 valence electrons. The lowest BCUT2D eigenvalue weighted by Crippen LogP contribution is -1.81. The second-order valence-electron chi connectivity index (χ2n) is 5.39. The van der Waals surface area contributed by atoms with Gasteiger partial charge < -0.3 is 4.42 Å². The Hall–Kier alpha value is -2.58. The lowest BCUT2D eigenvalue weighted by molar-refractivity contribution is 0.590. The highest BCUT2D eigenvalue weighted by molar-refractivity contribution is 6.37. The third-order valence-corrected chi connectivity index (χ3v) is 4.46. The average Bonchev–Trinajstić information content (AvgIpc) is 3.11. The van der Waals surface area contributed by atoms with Gasteiger partial charge in [0.1, 0.15) is 5.69 Å². The van der Waals surface area contributed by atoms with Crippen molar-refractivity contribution < 1.29 is 4.42 Å². The molecular formula is C19H10ClNO. The Morgan fingerprint density at radius 3 is 2.55 bits per heavy atom. The SMILES string of the molecule is Clc1ccc2c3c(cccc13)-c1oc(-c3ccccc3)nc1-2. The molecule has 1 aliphatic carbocycles. The fourth-order valence-electron chi connectivity index (χ4n) is 3.15. The molecule has 0 spiro atoms. The molecule has 2 nitrogen and oxygen atoms in total. The highest BCUT2D eigenvalue weighted by atomic mass is 35.5. The largest absolute Gasteiger partial charge is 0.435 e. The summed E-state index contributed by atoms with van der Waals surface area (Å²) in [6, 6.07) is 20.0. The quantitative estimate of drug-likeness (QED) is 0.391. The summed E-state index contributed by atoms with van der Waals surface area (Å²) >= 11 is 6.31. The highest BCUT2D eigenvalue weighted by Crippen LogP contribution is 2.49. The summed E-state index contributed by atoms with van der Waals surface area (Å²) in [5, 5.41) is 2.94. The molecule has 0 aliphatic heterocycles. The zero-order valence-electron chi connectivity index (χ0n) is 11.5. The lowest BCUT2D eigenvalue weighted by atomic mass is 10.0. The van der Waals surface area contributed by atoms with E-state index in [0.717, 1.165) is 43.9 Å². The van der Waals surface area contributed by atoms with Gasteiger partial charge in [-0.05, 0) is 18.2 Å². The lowest BCUT2D eigenvalue weighted by Gasteiger charge is -2.04. The maximum Gasteiger partial charge on any atom is 0.227 e. The zero-order chi connectivity index (χ0) is 14.7. The van der Waals surface area contributed by atoms with Crippen LogP contribution in [0.4, 0.5) is 0 Å². The summed E-state index contributed by atoms with van der Waals surface area (Å²) in [5.74, 6) is 1.49. The zero-order valence-corrected chi connectivity index (χ0v) is 12.3. The van der Waals surface area contributed by atoms with Gasteiger partial charge in [0.2, 0.25) is 5.89 Å². The van der Waals surface area contributed by atoms with Crippen LogP contribution in [0.2, 0.25) is 5.02 Å². The average molecular weight is 304 g/mol. The fourth-order valence-corrected chi connectivity index (χ4v) is 3.37. The van der Waals surface area contributed by atoms with Gasteiger partial charge in [-0.25, -0.2) is 4.98 Å². The second-order valence-corrected chi connectivity index (χ2v) is 5.79. The first kappa shape index (κ1) is 12.0. The van der Waals surface area contributed by atoms with Crippen LogP contribution in [0.15, 0.2) is 65.1 Å². The van der Waals surface area contributed by atoms with Crippen molar-refractivity contribution in [2.24, 2.45) is 0 Å². The molecule has 22 heavy (non-hydrogen) atoms. The third kappa shape index (κ3) is 1.48. The maximum atomic E-state index is 6.31. The van der Waals surface area contributed by atoms with Crippen molar-refractivity contribution >= 4 is 22.4 Å². The third-order valence-electron chi connectivity index (χ3n) is 4.14. The van der Waals surface area contributed by atoms with E-state index in [1.165, 1.54) is 0 Å². The first-order chi connectivity index (χ1) is 10.8. The Balaban J connectivity index is 1.82. The van der Waals surface area contributed by atoms with Crippen LogP contribution in [0.25, 0.3) is 44.8 Å². The number of hydrogen-bond donors (Lipinski definition) is 0. The van der Waals surface area contributed by atoms with Gasteiger partial charge >= 0.3 is 0 Å². The normalized spacial score (nSPS) is 11.9. The van der Waals surface area contributed by atoms with E-state index in [1.807, 2.05) is 54.6 Å². The number of benzene rings is 3. The first-order valence-electron chi connectivity index (χ1n) is 7.11. The number of oxazole rings is 1. The van der Waals surface area contributed by atoms with Gasteiger partial charge in [0, 0.05) is 32.5 Å². The molecule has 3 aromatic carbocycles. The van der Waals surface area contributed by atoms with E-state index in [9.17, 15) is 0 Å². The van der Waals surface area contributed by atoms with Crippen LogP contribution < -0.4 is 0 Å². The molecule has 0 saturated heterocycles. The van der Waals surface area contributed by atoms with Crippen LogP contribution >= 0.6 is 11.6 Å². The van der Waals surface area contributed by atoms with Crippen molar-refractivity contribution in [1.29, 1.82) is 0 Å². The summed E-state index contributed by atoms with van der Waals surface area (Å²) in [7, 11) is 0. The summed E-state index contributed by atoms with van der Waals surface area (Å²) in [5.41, 5.74) is 4.05. The first-order valence-corrected chi connectivity index (χ1v) is 7.49. The van der Waals surface area contributed by atoms with Crippen molar-refractivity contribution in [3.8, 4) is 34.0 Å². The standard InChI is InChI=1S/C19H10ClNO/c20-15-10-9-13-16-12(15)7-4-8-14(16)18-17(13)21-19(22-18)11-5-2-1-3-6-11/h1-10H. The molecule has 0 fully saturated rings. The van der Waals surface area contributed by atoms with E-state index in [4.69, 9.17) is 21.0 Å². The van der Waals surface area contributed by atoms with Crippen LogP contribution in [-0.2, 0) is 0 Å². The molecule has 0 bridgehead atoms. The summed E-state index contributed by atoms with van der Waals surface area (Å²) < 4.78 is 6.07. The number of hydrogen-bond acceptors (Lipinski definition) is 2. The molecule has 5 rings (SSSR count). The molecule has 0 unspecified atom stereocenters. The summed E-state index contributed by atoms with van der Waals surface area (Å²) in [6.45, 7) is 0. The van der Waals surface area contributed by atoms with Crippen molar-refractivity contribution in [2.75, 3.05) is 0 Å². The minimum atomic E-state index is 0.656. The van der Waals surface area contributed by atoms with Crippen LogP contribution in [0.5, 0.6) is 0 Å². The number of aromatic nitrogens is 1. The van der Waals surface area contributed by atoms with Crippen molar-refractivity contribution in [3.63, 3.8) is 0 Å². The van der Waals surface area contributed by atoms with Gasteiger partial charge in [0.15, 0.2) is 5.76 Å². The highest BCUT2D eigenvalue weighted by Gasteiger charge is 2.28. The Morgan fingerprint density at radius 1 is 0.818 bits per heavy atom. The predicted molar refractivity (Wildman–Crippen MR) is 88.9 cm³/mol. The smallest absolute Gasteiger partial charge is 0.227 e. The van der Waals surface area contributed by atoms with Gasteiger partial charge in [0.25, 0.3) is 0 Å². The van der Waals surface area contributed by atoms with Gasteiger partial charge in [-0.3, -0.25) is 0 Å². The van der Waals surface area contributed by atoms with Gasteiger partial charge in [-0.1, -0.05) is 54.1 Å². The van der Waals surface area contributed by atoms with Crippen LogP contribution in [0, 0.1) is 0 Å². The van der Waals surface area contributed by atoms with E-state index >= 15 is 0 Å². The summed E-state index contributed by atoms with van der Waals surface area (Å²) in [4.78, 5) is 4.72. The monoisotopic (exact) mass is 303 g/mol. The van der Waals surface area contributed by atoms with Crippen molar-refractivity contribution in [1.82, 2.24) is 4.98 Å². The minimum Gasteiger partial charge on any atom is -0.435 e. The van der Waals surface area contributed by atoms with E-state index in [-0.39, 0.29) is 0 Å². The number of nitrogens with zero attached hydrogens (tertiary/aromatic N) is 1. The van der Waals surface area contributed by atoms with E-state index in [1.54, 1.807) is 0 Å². The summed E-state index contributed by atoms with van der Waals surface area (Å²) in [6.07, 6.45) is 0. The van der Waals surface area contributed by atoms with Crippen LogP contribution in [0.1, 0.15) is 0 Å². The van der Waals surface area contributed by atoms with Gasteiger partial charge in [-0.2, -0.15) is 0 Å². The van der Waals surface area contributed by atoms with Crippen molar-refractivity contribution in [2.45, 2.75) is 0 Å². The topological polar surface area (TPSA) is 26.0 Å². The van der Waals surface area contributed by atoms with Crippen LogP contribution in [-0.4, -0.2) is 4.98 Å². The predicted octanol–water partition coefficient (Wildman–Crippen LogP) is 5.80. The molecule has 0 saturated carbocycles. The molecule has 0 N–H and O–H groups in total. The van der Waals surface area contributed by atoms with Gasteiger partial charge in [0.05, 0.1) is 0 Å². The molecule has 1 aromatic heterocycles. The van der Waals surface area contributed by atoms with Crippen LogP contribution in [0.3, 0.4) is 0 Å². The van der Waals surface area contributed by atoms with E-state index < -0.39 is 0 Å². The Morgan fingerprint density at radius 2 is 1.68 bits per heavy atom. The van der Waals surface area contributed by atoms with E-state index in [2.05, 4.69) is 6.07 Å². The minimum absolute atomic E-state index is 0.656. The fraction of sp³-hybridized carbons (Fsp3) is 0.